The molecule has 0 radical (unpaired) electrons. The summed E-state index contributed by atoms with van der Waals surface area (Å²) >= 11 is 0. The van der Waals surface area contributed by atoms with Crippen molar-refractivity contribution in [3.05, 3.63) is 18.3 Å². The number of aromatic nitrogens is 1. The molecule has 2 bridgehead atoms. The number of nitrogens with zero attached hydrogens (tertiary/aromatic N) is 1. The molecule has 5 heteroatoms. The zero-order valence-corrected chi connectivity index (χ0v) is 13.6. The molecule has 2 fully saturated rings. The molecule has 3 atom stereocenters. The average Bonchev–Trinajstić information content (AvgIpc) is 3.01. The van der Waals surface area contributed by atoms with Gasteiger partial charge in [-0.2, -0.15) is 0 Å². The number of hydrogen-bond acceptors (Lipinski definition) is 4. The fraction of sp³-hybridized carbons (Fsp3) is 0.647. The number of rotatable bonds is 3. The molecule has 0 aromatic carbocycles. The van der Waals surface area contributed by atoms with E-state index in [0.29, 0.717) is 11.9 Å². The monoisotopic (exact) mass is 303 g/mol. The molecule has 22 heavy (non-hydrogen) atoms. The Hall–Kier alpha value is -1.78. The minimum absolute atomic E-state index is 0.478. The van der Waals surface area contributed by atoms with Gasteiger partial charge < -0.3 is 10.1 Å². The molecule has 3 unspecified atom stereocenters. The molecule has 1 aromatic heterocycles. The van der Waals surface area contributed by atoms with Crippen LogP contribution in [0.1, 0.15) is 46.5 Å². The highest BCUT2D eigenvalue weighted by atomic mass is 16.6. The van der Waals surface area contributed by atoms with Crippen LogP contribution in [0, 0.1) is 11.8 Å². The zero-order valence-electron chi connectivity index (χ0n) is 13.6. The van der Waals surface area contributed by atoms with Crippen molar-refractivity contribution in [2.75, 3.05) is 10.6 Å². The SMILES string of the molecule is CC(C)(C)OC(=O)Nc1ccc(NC2CC3CCC2C3)cn1. The number of fused-ring (bicyclic) bond motifs is 2. The van der Waals surface area contributed by atoms with E-state index in [0.717, 1.165) is 17.5 Å². The van der Waals surface area contributed by atoms with Crippen LogP contribution in [-0.2, 0) is 4.74 Å². The van der Waals surface area contributed by atoms with Gasteiger partial charge in [0.15, 0.2) is 0 Å². The summed E-state index contributed by atoms with van der Waals surface area (Å²) in [5.41, 5.74) is 0.514. The quantitative estimate of drug-likeness (QED) is 0.885. The lowest BCUT2D eigenvalue weighted by Gasteiger charge is -2.24. The van der Waals surface area contributed by atoms with Crippen molar-refractivity contribution in [2.24, 2.45) is 11.8 Å². The summed E-state index contributed by atoms with van der Waals surface area (Å²) in [7, 11) is 0. The molecule has 1 aromatic rings. The number of pyridine rings is 1. The molecule has 1 amide bonds. The van der Waals surface area contributed by atoms with Crippen LogP contribution >= 0.6 is 0 Å². The molecule has 2 saturated carbocycles. The number of anilines is 2. The van der Waals surface area contributed by atoms with Crippen LogP contribution in [0.25, 0.3) is 0 Å². The van der Waals surface area contributed by atoms with E-state index in [1.165, 1.54) is 25.7 Å². The van der Waals surface area contributed by atoms with E-state index in [1.807, 2.05) is 26.8 Å². The number of nitrogens with one attached hydrogen (secondary N) is 2. The Labute approximate surface area is 131 Å². The highest BCUT2D eigenvalue weighted by molar-refractivity contribution is 5.83. The van der Waals surface area contributed by atoms with Crippen molar-refractivity contribution in [1.29, 1.82) is 0 Å². The van der Waals surface area contributed by atoms with Crippen LogP contribution in [0.4, 0.5) is 16.3 Å². The lowest BCUT2D eigenvalue weighted by Crippen LogP contribution is -2.27. The van der Waals surface area contributed by atoms with Gasteiger partial charge in [-0.15, -0.1) is 0 Å². The maximum atomic E-state index is 11.7. The van der Waals surface area contributed by atoms with E-state index in [4.69, 9.17) is 4.74 Å². The van der Waals surface area contributed by atoms with E-state index in [2.05, 4.69) is 15.6 Å². The Bertz CT molecular complexity index is 536. The average molecular weight is 303 g/mol. The predicted molar refractivity (Wildman–Crippen MR) is 87.0 cm³/mol. The van der Waals surface area contributed by atoms with Crippen LogP contribution in [0.3, 0.4) is 0 Å². The van der Waals surface area contributed by atoms with E-state index in [9.17, 15) is 4.79 Å². The first kappa shape index (κ1) is 15.1. The summed E-state index contributed by atoms with van der Waals surface area (Å²) in [6.07, 6.45) is 6.72. The van der Waals surface area contributed by atoms with Gasteiger partial charge in [0.1, 0.15) is 11.4 Å². The summed E-state index contributed by atoms with van der Waals surface area (Å²) in [5, 5.41) is 6.23. The van der Waals surface area contributed by atoms with E-state index in [1.54, 1.807) is 12.3 Å². The van der Waals surface area contributed by atoms with E-state index < -0.39 is 11.7 Å². The van der Waals surface area contributed by atoms with Gasteiger partial charge in [0.05, 0.1) is 11.9 Å². The Morgan fingerprint density at radius 3 is 2.64 bits per heavy atom. The van der Waals surface area contributed by atoms with Crippen LogP contribution in [-0.4, -0.2) is 22.7 Å². The molecule has 0 aliphatic heterocycles. The third-order valence-corrected chi connectivity index (χ3v) is 4.48. The van der Waals surface area contributed by atoms with Crippen LogP contribution < -0.4 is 10.6 Å². The largest absolute Gasteiger partial charge is 0.444 e. The Morgan fingerprint density at radius 1 is 1.27 bits per heavy atom. The second-order valence-electron chi connectivity index (χ2n) is 7.48. The number of amides is 1. The van der Waals surface area contributed by atoms with Crippen LogP contribution in [0.15, 0.2) is 18.3 Å². The van der Waals surface area contributed by atoms with Crippen LogP contribution in [0.2, 0.25) is 0 Å². The van der Waals surface area contributed by atoms with Gasteiger partial charge in [0.25, 0.3) is 0 Å². The Kier molecular flexibility index (Phi) is 3.98. The first-order valence-corrected chi connectivity index (χ1v) is 8.12. The second-order valence-corrected chi connectivity index (χ2v) is 7.48. The van der Waals surface area contributed by atoms with E-state index >= 15 is 0 Å². The fourth-order valence-electron chi connectivity index (χ4n) is 3.60. The molecular weight excluding hydrogens is 278 g/mol. The number of ether oxygens (including phenoxy) is 1. The van der Waals surface area contributed by atoms with Crippen molar-refractivity contribution < 1.29 is 9.53 Å². The zero-order chi connectivity index (χ0) is 15.7. The van der Waals surface area contributed by atoms with Gasteiger partial charge in [-0.3, -0.25) is 5.32 Å². The van der Waals surface area contributed by atoms with Gasteiger partial charge in [0, 0.05) is 6.04 Å². The third kappa shape index (κ3) is 3.70. The maximum absolute atomic E-state index is 11.7. The molecule has 0 saturated heterocycles. The molecule has 120 valence electrons. The minimum Gasteiger partial charge on any atom is -0.444 e. The highest BCUT2D eigenvalue weighted by Crippen LogP contribution is 2.45. The van der Waals surface area contributed by atoms with Gasteiger partial charge in [-0.25, -0.2) is 9.78 Å². The molecule has 2 N–H and O–H groups in total. The number of carbonyl (C=O) groups is 1. The fourth-order valence-corrected chi connectivity index (χ4v) is 3.60. The summed E-state index contributed by atoms with van der Waals surface area (Å²) in [6.45, 7) is 5.51. The van der Waals surface area contributed by atoms with Crippen molar-refractivity contribution >= 4 is 17.6 Å². The molecule has 3 rings (SSSR count). The second kappa shape index (κ2) is 5.78. The highest BCUT2D eigenvalue weighted by Gasteiger charge is 2.39. The topological polar surface area (TPSA) is 63.2 Å². The van der Waals surface area contributed by atoms with Crippen LogP contribution in [0.5, 0.6) is 0 Å². The standard InChI is InChI=1S/C17H25N3O2/c1-17(2,3)22-16(21)20-15-7-6-13(10-18-15)19-14-9-11-4-5-12(14)8-11/h6-7,10-12,14,19H,4-5,8-9H2,1-3H3,(H,18,20,21). The van der Waals surface area contributed by atoms with Crippen molar-refractivity contribution in [3.8, 4) is 0 Å². The summed E-state index contributed by atoms with van der Waals surface area (Å²) in [4.78, 5) is 16.0. The Morgan fingerprint density at radius 2 is 2.09 bits per heavy atom. The predicted octanol–water partition coefficient (Wildman–Crippen LogP) is 4.03. The van der Waals surface area contributed by atoms with Gasteiger partial charge in [-0.05, 0) is 64.0 Å². The number of carbonyl (C=O) groups excluding carboxylic acids is 1. The first-order valence-electron chi connectivity index (χ1n) is 8.12. The van der Waals surface area contributed by atoms with Crippen molar-refractivity contribution in [2.45, 2.75) is 58.1 Å². The van der Waals surface area contributed by atoms with Crippen molar-refractivity contribution in [1.82, 2.24) is 4.98 Å². The van der Waals surface area contributed by atoms with E-state index in [-0.39, 0.29) is 0 Å². The third-order valence-electron chi connectivity index (χ3n) is 4.48. The Balaban J connectivity index is 1.53. The molecule has 1 heterocycles. The molecular formula is C17H25N3O2. The summed E-state index contributed by atoms with van der Waals surface area (Å²) in [6, 6.07) is 4.36. The normalized spacial score (nSPS) is 26.8. The minimum atomic E-state index is -0.507. The molecule has 2 aliphatic rings. The van der Waals surface area contributed by atoms with Gasteiger partial charge in [-0.1, -0.05) is 6.42 Å². The smallest absolute Gasteiger partial charge is 0.413 e. The first-order chi connectivity index (χ1) is 10.4. The lowest BCUT2D eigenvalue weighted by molar-refractivity contribution is 0.0635. The summed E-state index contributed by atoms with van der Waals surface area (Å²) < 4.78 is 5.21. The van der Waals surface area contributed by atoms with Crippen molar-refractivity contribution in [3.63, 3.8) is 0 Å². The number of hydrogen-bond donors (Lipinski definition) is 2. The van der Waals surface area contributed by atoms with Gasteiger partial charge in [0.2, 0.25) is 0 Å². The van der Waals surface area contributed by atoms with Gasteiger partial charge >= 0.3 is 6.09 Å². The summed E-state index contributed by atoms with van der Waals surface area (Å²) in [5.74, 6) is 2.25. The molecule has 0 spiro atoms. The molecule has 2 aliphatic carbocycles. The molecule has 5 nitrogen and oxygen atoms in total. The lowest BCUT2D eigenvalue weighted by atomic mass is 9.95. The maximum Gasteiger partial charge on any atom is 0.413 e.